The van der Waals surface area contributed by atoms with Crippen molar-refractivity contribution >= 4 is 34.5 Å². The molecule has 41 heavy (non-hydrogen) atoms. The molecule has 0 atom stereocenters. The van der Waals surface area contributed by atoms with Gasteiger partial charge >= 0.3 is 6.09 Å². The number of carbonyl (C=O) groups is 3. The lowest BCUT2D eigenvalue weighted by atomic mass is 9.80. The zero-order valence-electron chi connectivity index (χ0n) is 24.0. The second-order valence-electron chi connectivity index (χ2n) is 13.0. The van der Waals surface area contributed by atoms with Crippen LogP contribution in [0.15, 0.2) is 42.5 Å². The first-order valence-electron chi connectivity index (χ1n) is 14.9. The van der Waals surface area contributed by atoms with Gasteiger partial charge in [0.25, 0.3) is 11.8 Å². The Morgan fingerprint density at radius 3 is 2.22 bits per heavy atom. The van der Waals surface area contributed by atoms with E-state index in [9.17, 15) is 14.4 Å². The molecule has 2 aliphatic heterocycles. The minimum Gasteiger partial charge on any atom is -0.444 e. The summed E-state index contributed by atoms with van der Waals surface area (Å²) in [5.41, 5.74) is 4.03. The van der Waals surface area contributed by atoms with Gasteiger partial charge < -0.3 is 14.5 Å². The van der Waals surface area contributed by atoms with Gasteiger partial charge in [-0.3, -0.25) is 19.2 Å². The summed E-state index contributed by atoms with van der Waals surface area (Å²) in [5.74, 6) is 0.461. The van der Waals surface area contributed by atoms with Crippen LogP contribution in [0.4, 0.5) is 10.5 Å². The highest BCUT2D eigenvalue weighted by atomic mass is 16.6. The number of fused-ring (bicyclic) bond motifs is 2. The lowest BCUT2D eigenvalue weighted by Crippen LogP contribution is -2.50. The molecule has 214 valence electrons. The van der Waals surface area contributed by atoms with Crippen LogP contribution in [0, 0.1) is 5.92 Å². The van der Waals surface area contributed by atoms with Crippen molar-refractivity contribution in [3.63, 3.8) is 0 Å². The summed E-state index contributed by atoms with van der Waals surface area (Å²) in [6, 6.07) is 14.0. The number of aromatic nitrogens is 2. The lowest BCUT2D eigenvalue weighted by molar-refractivity contribution is 0.0240. The van der Waals surface area contributed by atoms with Gasteiger partial charge in [0.1, 0.15) is 5.60 Å². The van der Waals surface area contributed by atoms with Gasteiger partial charge in [-0.05, 0) is 82.7 Å². The molecule has 0 unspecified atom stereocenters. The molecule has 2 saturated carbocycles. The van der Waals surface area contributed by atoms with Gasteiger partial charge in [0.05, 0.1) is 28.4 Å². The molecule has 3 fully saturated rings. The smallest absolute Gasteiger partial charge is 0.410 e. The highest BCUT2D eigenvalue weighted by Crippen LogP contribution is 2.46. The van der Waals surface area contributed by atoms with Gasteiger partial charge in [-0.25, -0.2) is 4.79 Å². The van der Waals surface area contributed by atoms with Crippen molar-refractivity contribution < 1.29 is 19.1 Å². The fraction of sp³-hybridized carbons (Fsp3) is 0.500. The number of piperazine rings is 1. The van der Waals surface area contributed by atoms with Crippen LogP contribution in [0.2, 0.25) is 0 Å². The minimum absolute atomic E-state index is 0.175. The summed E-state index contributed by atoms with van der Waals surface area (Å²) in [6.07, 6.45) is 3.92. The molecule has 3 heterocycles. The van der Waals surface area contributed by atoms with E-state index >= 15 is 0 Å². The lowest BCUT2D eigenvalue weighted by Gasteiger charge is -2.38. The quantitative estimate of drug-likeness (QED) is 0.401. The molecule has 3 amide bonds. The van der Waals surface area contributed by atoms with Crippen molar-refractivity contribution in [2.24, 2.45) is 5.92 Å². The van der Waals surface area contributed by atoms with Crippen LogP contribution in [-0.2, 0) is 4.74 Å². The van der Waals surface area contributed by atoms with Gasteiger partial charge in [-0.15, -0.1) is 0 Å². The van der Waals surface area contributed by atoms with Crippen LogP contribution in [0.25, 0.3) is 10.9 Å². The molecule has 1 aromatic heterocycles. The average Bonchev–Trinajstić information content (AvgIpc) is 3.67. The molecule has 0 spiro atoms. The first-order chi connectivity index (χ1) is 19.7. The fourth-order valence-electron chi connectivity index (χ4n) is 6.47. The third kappa shape index (κ3) is 4.75. The van der Waals surface area contributed by atoms with E-state index in [-0.39, 0.29) is 29.9 Å². The maximum Gasteiger partial charge on any atom is 0.410 e. The summed E-state index contributed by atoms with van der Waals surface area (Å²) < 4.78 is 7.77. The van der Waals surface area contributed by atoms with E-state index in [0.29, 0.717) is 36.7 Å². The van der Waals surface area contributed by atoms with Crippen LogP contribution in [0.3, 0.4) is 0 Å². The molecule has 9 nitrogen and oxygen atoms in total. The van der Waals surface area contributed by atoms with E-state index in [0.717, 1.165) is 37.1 Å². The fourth-order valence-corrected chi connectivity index (χ4v) is 6.47. The number of benzene rings is 2. The van der Waals surface area contributed by atoms with E-state index in [4.69, 9.17) is 9.84 Å². The largest absolute Gasteiger partial charge is 0.444 e. The number of anilines is 1. The van der Waals surface area contributed by atoms with E-state index < -0.39 is 5.60 Å². The number of nitrogens with zero attached hydrogens (tertiary/aromatic N) is 5. The predicted octanol–water partition coefficient (Wildman–Crippen LogP) is 5.22. The number of carbonyl (C=O) groups excluding carboxylic acids is 3. The van der Waals surface area contributed by atoms with Crippen LogP contribution >= 0.6 is 0 Å². The second-order valence-corrected chi connectivity index (χ2v) is 13.0. The Morgan fingerprint density at radius 1 is 0.951 bits per heavy atom. The Bertz CT molecular complexity index is 1500. The molecule has 7 rings (SSSR count). The van der Waals surface area contributed by atoms with Crippen molar-refractivity contribution in [3.8, 4) is 0 Å². The zero-order chi connectivity index (χ0) is 28.5. The highest BCUT2D eigenvalue weighted by molar-refractivity contribution is 6.21. The third-order valence-electron chi connectivity index (χ3n) is 8.86. The SMILES string of the molecule is CC(C)(C)OC(=O)N1CCN(c2ccc3c(C4CC4)nn(C4CC(CN5C(=O)c6ccccc6C5=O)C4)c3c2)CC1. The molecular formula is C32H37N5O4. The maximum atomic E-state index is 12.9. The minimum atomic E-state index is -0.498. The van der Waals surface area contributed by atoms with Crippen LogP contribution in [0.5, 0.6) is 0 Å². The first-order valence-corrected chi connectivity index (χ1v) is 14.9. The molecule has 2 aliphatic carbocycles. The summed E-state index contributed by atoms with van der Waals surface area (Å²) in [6.45, 7) is 8.90. The third-order valence-corrected chi connectivity index (χ3v) is 8.86. The summed E-state index contributed by atoms with van der Waals surface area (Å²) in [7, 11) is 0. The van der Waals surface area contributed by atoms with Crippen molar-refractivity contribution in [1.82, 2.24) is 19.6 Å². The Balaban J connectivity index is 1.05. The number of amides is 3. The zero-order valence-corrected chi connectivity index (χ0v) is 24.0. The number of ether oxygens (including phenoxy) is 1. The number of imide groups is 1. The van der Waals surface area contributed by atoms with E-state index in [1.165, 1.54) is 28.8 Å². The molecule has 0 radical (unpaired) electrons. The molecule has 9 heteroatoms. The van der Waals surface area contributed by atoms with Crippen LogP contribution in [-0.4, -0.2) is 75.8 Å². The molecular weight excluding hydrogens is 518 g/mol. The summed E-state index contributed by atoms with van der Waals surface area (Å²) >= 11 is 0. The van der Waals surface area contributed by atoms with Crippen molar-refractivity contribution in [3.05, 3.63) is 59.3 Å². The number of hydrogen-bond acceptors (Lipinski definition) is 6. The number of hydrogen-bond donors (Lipinski definition) is 0. The number of rotatable bonds is 5. The highest BCUT2D eigenvalue weighted by Gasteiger charge is 2.41. The van der Waals surface area contributed by atoms with Crippen molar-refractivity contribution in [2.45, 2.75) is 64.0 Å². The summed E-state index contributed by atoms with van der Waals surface area (Å²) in [5, 5.41) is 6.37. The van der Waals surface area contributed by atoms with Gasteiger partial charge in [-0.1, -0.05) is 12.1 Å². The molecule has 1 saturated heterocycles. The molecule has 0 bridgehead atoms. The first kappa shape index (κ1) is 26.0. The Hall–Kier alpha value is -3.88. The Labute approximate surface area is 240 Å². The second kappa shape index (κ2) is 9.60. The average molecular weight is 556 g/mol. The van der Waals surface area contributed by atoms with Crippen LogP contribution < -0.4 is 4.90 Å². The van der Waals surface area contributed by atoms with Gasteiger partial charge in [-0.2, -0.15) is 5.10 Å². The van der Waals surface area contributed by atoms with Gasteiger partial charge in [0.15, 0.2) is 0 Å². The Kier molecular flexibility index (Phi) is 6.10. The van der Waals surface area contributed by atoms with Crippen molar-refractivity contribution in [1.29, 1.82) is 0 Å². The Morgan fingerprint density at radius 2 is 1.61 bits per heavy atom. The van der Waals surface area contributed by atoms with Gasteiger partial charge in [0, 0.05) is 49.7 Å². The topological polar surface area (TPSA) is 88.0 Å². The summed E-state index contributed by atoms with van der Waals surface area (Å²) in [4.78, 5) is 43.8. The van der Waals surface area contributed by atoms with Gasteiger partial charge in [0.2, 0.25) is 0 Å². The molecule has 2 aromatic carbocycles. The monoisotopic (exact) mass is 555 g/mol. The van der Waals surface area contributed by atoms with E-state index in [2.05, 4.69) is 27.8 Å². The van der Waals surface area contributed by atoms with E-state index in [1.54, 1.807) is 17.0 Å². The molecule has 4 aliphatic rings. The predicted molar refractivity (Wildman–Crippen MR) is 155 cm³/mol. The van der Waals surface area contributed by atoms with Crippen molar-refractivity contribution in [2.75, 3.05) is 37.6 Å². The molecule has 0 N–H and O–H groups in total. The molecule has 3 aromatic rings. The standard InChI is InChI=1S/C32H37N5O4/c1-32(2,3)41-31(40)35-14-12-34(13-15-35)22-10-11-26-27(18-22)37(33-28(26)21-8-9-21)23-16-20(17-23)19-36-29(38)24-6-4-5-7-25(24)30(36)39/h4-7,10-11,18,20-21,23H,8-9,12-17,19H2,1-3H3. The van der Waals surface area contributed by atoms with E-state index in [1.807, 2.05) is 32.9 Å². The van der Waals surface area contributed by atoms with Crippen LogP contribution in [0.1, 0.15) is 84.8 Å². The normalized spacial score (nSPS) is 22.8. The maximum absolute atomic E-state index is 12.9.